The van der Waals surface area contributed by atoms with E-state index >= 15 is 0 Å². The van der Waals surface area contributed by atoms with Crippen LogP contribution >= 0.6 is 40.7 Å². The maximum absolute atomic E-state index is 12.6. The highest BCUT2D eigenvalue weighted by Crippen LogP contribution is 2.34. The van der Waals surface area contributed by atoms with Crippen molar-refractivity contribution in [3.8, 4) is 0 Å². The second kappa shape index (κ2) is 9.98. The SMILES string of the molecule is Cl.Cl.FC(F)(F)CC[C@H](c1ccccc1Br)N1CCNCC1. The van der Waals surface area contributed by atoms with E-state index in [0.717, 1.165) is 36.2 Å². The smallest absolute Gasteiger partial charge is 0.314 e. The number of rotatable bonds is 4. The molecule has 1 aromatic carbocycles. The molecule has 2 nitrogen and oxygen atoms in total. The summed E-state index contributed by atoms with van der Waals surface area (Å²) in [5, 5.41) is 3.23. The molecule has 1 atom stereocenters. The van der Waals surface area contributed by atoms with E-state index in [1.54, 1.807) is 0 Å². The molecule has 1 fully saturated rings. The average Bonchev–Trinajstić information content (AvgIpc) is 2.41. The van der Waals surface area contributed by atoms with E-state index in [1.165, 1.54) is 0 Å². The van der Waals surface area contributed by atoms with Crippen molar-refractivity contribution in [1.82, 2.24) is 10.2 Å². The third-order valence-electron chi connectivity index (χ3n) is 3.56. The Bertz CT molecular complexity index is 440. The Hall–Kier alpha value is -0.0100. The van der Waals surface area contributed by atoms with E-state index in [9.17, 15) is 13.2 Å². The molecule has 1 saturated heterocycles. The standard InChI is InChI=1S/C14H18BrF3N2.2ClH/c15-12-4-2-1-3-11(12)13(5-6-14(16,17)18)20-9-7-19-8-10-20;;/h1-4,13,19H,5-10H2;2*1H/t13-;;/m1../s1. The van der Waals surface area contributed by atoms with Gasteiger partial charge in [0.2, 0.25) is 0 Å². The van der Waals surface area contributed by atoms with Gasteiger partial charge in [-0.1, -0.05) is 34.1 Å². The normalized spacial score (nSPS) is 17.3. The second-order valence-electron chi connectivity index (χ2n) is 4.98. The fourth-order valence-corrected chi connectivity index (χ4v) is 3.12. The minimum Gasteiger partial charge on any atom is -0.314 e. The van der Waals surface area contributed by atoms with Gasteiger partial charge in [0.25, 0.3) is 0 Å². The Kier molecular flexibility index (Phi) is 9.98. The summed E-state index contributed by atoms with van der Waals surface area (Å²) in [6, 6.07) is 7.37. The molecule has 0 spiro atoms. The van der Waals surface area contributed by atoms with Gasteiger partial charge in [0.15, 0.2) is 0 Å². The largest absolute Gasteiger partial charge is 0.389 e. The van der Waals surface area contributed by atoms with E-state index < -0.39 is 12.6 Å². The summed E-state index contributed by atoms with van der Waals surface area (Å²) in [7, 11) is 0. The van der Waals surface area contributed by atoms with Crippen LogP contribution < -0.4 is 5.32 Å². The molecule has 0 aliphatic carbocycles. The van der Waals surface area contributed by atoms with Crippen LogP contribution in [0.3, 0.4) is 0 Å². The minimum absolute atomic E-state index is 0. The molecule has 0 unspecified atom stereocenters. The first-order chi connectivity index (χ1) is 9.47. The van der Waals surface area contributed by atoms with Crippen molar-refractivity contribution in [2.75, 3.05) is 26.2 Å². The number of benzene rings is 1. The maximum atomic E-state index is 12.6. The zero-order chi connectivity index (χ0) is 14.6. The van der Waals surface area contributed by atoms with E-state index in [1.807, 2.05) is 24.3 Å². The lowest BCUT2D eigenvalue weighted by Crippen LogP contribution is -2.45. The van der Waals surface area contributed by atoms with Crippen molar-refractivity contribution in [2.45, 2.75) is 25.1 Å². The molecule has 128 valence electrons. The van der Waals surface area contributed by atoms with Crippen LogP contribution in [-0.4, -0.2) is 37.3 Å². The zero-order valence-corrected chi connectivity index (χ0v) is 15.1. The van der Waals surface area contributed by atoms with Crippen LogP contribution in [0, 0.1) is 0 Å². The first-order valence-corrected chi connectivity index (χ1v) is 7.52. The van der Waals surface area contributed by atoms with E-state index in [-0.39, 0.29) is 37.3 Å². The van der Waals surface area contributed by atoms with E-state index in [4.69, 9.17) is 0 Å². The molecule has 1 aromatic rings. The first-order valence-electron chi connectivity index (χ1n) is 6.73. The third-order valence-corrected chi connectivity index (χ3v) is 4.28. The topological polar surface area (TPSA) is 15.3 Å². The Labute approximate surface area is 149 Å². The van der Waals surface area contributed by atoms with Crippen molar-refractivity contribution >= 4 is 40.7 Å². The van der Waals surface area contributed by atoms with Crippen LogP contribution in [0.15, 0.2) is 28.7 Å². The summed E-state index contributed by atoms with van der Waals surface area (Å²) in [4.78, 5) is 2.14. The fraction of sp³-hybridized carbons (Fsp3) is 0.571. The van der Waals surface area contributed by atoms with Gasteiger partial charge in [-0.05, 0) is 18.1 Å². The molecule has 1 N–H and O–H groups in total. The monoisotopic (exact) mass is 422 g/mol. The number of piperazine rings is 1. The number of halogens is 6. The molecule has 2 rings (SSSR count). The lowest BCUT2D eigenvalue weighted by Gasteiger charge is -2.36. The predicted octanol–water partition coefficient (Wildman–Crippen LogP) is 4.58. The van der Waals surface area contributed by atoms with E-state index in [2.05, 4.69) is 26.1 Å². The van der Waals surface area contributed by atoms with Gasteiger partial charge >= 0.3 is 6.18 Å². The zero-order valence-electron chi connectivity index (χ0n) is 11.9. The second-order valence-corrected chi connectivity index (χ2v) is 5.83. The van der Waals surface area contributed by atoms with Gasteiger partial charge in [-0.2, -0.15) is 13.2 Å². The fourth-order valence-electron chi connectivity index (χ4n) is 2.57. The van der Waals surface area contributed by atoms with Crippen molar-refractivity contribution < 1.29 is 13.2 Å². The quantitative estimate of drug-likeness (QED) is 0.762. The molecular formula is C14H20BrCl2F3N2. The number of alkyl halides is 3. The van der Waals surface area contributed by atoms with Crippen molar-refractivity contribution in [3.05, 3.63) is 34.3 Å². The molecule has 8 heteroatoms. The molecule has 0 radical (unpaired) electrons. The van der Waals surface area contributed by atoms with Crippen LogP contribution in [0.5, 0.6) is 0 Å². The highest BCUT2D eigenvalue weighted by Gasteiger charge is 2.31. The molecule has 1 aliphatic rings. The van der Waals surface area contributed by atoms with Gasteiger partial charge in [0.1, 0.15) is 0 Å². The minimum atomic E-state index is -4.10. The van der Waals surface area contributed by atoms with Gasteiger partial charge in [0.05, 0.1) is 0 Å². The van der Waals surface area contributed by atoms with Crippen LogP contribution in [0.2, 0.25) is 0 Å². The number of hydrogen-bond donors (Lipinski definition) is 1. The molecule has 1 heterocycles. The highest BCUT2D eigenvalue weighted by atomic mass is 79.9. The Morgan fingerprint density at radius 3 is 2.27 bits per heavy atom. The first kappa shape index (κ1) is 22.0. The van der Waals surface area contributed by atoms with Crippen LogP contribution in [0.4, 0.5) is 13.2 Å². The number of nitrogens with zero attached hydrogens (tertiary/aromatic N) is 1. The Morgan fingerprint density at radius 2 is 1.73 bits per heavy atom. The van der Waals surface area contributed by atoms with Crippen LogP contribution in [0.1, 0.15) is 24.4 Å². The van der Waals surface area contributed by atoms with Gasteiger partial charge in [0, 0.05) is 43.1 Å². The van der Waals surface area contributed by atoms with Crippen molar-refractivity contribution in [3.63, 3.8) is 0 Å². The summed E-state index contributed by atoms with van der Waals surface area (Å²) in [6.45, 7) is 3.22. The molecule has 0 amide bonds. The predicted molar refractivity (Wildman–Crippen MR) is 91.1 cm³/mol. The summed E-state index contributed by atoms with van der Waals surface area (Å²) in [5.41, 5.74) is 0.943. The lowest BCUT2D eigenvalue weighted by molar-refractivity contribution is -0.138. The summed E-state index contributed by atoms with van der Waals surface area (Å²) >= 11 is 3.46. The van der Waals surface area contributed by atoms with Crippen LogP contribution in [0.25, 0.3) is 0 Å². The third kappa shape index (κ3) is 6.62. The number of hydrogen-bond acceptors (Lipinski definition) is 2. The molecule has 0 saturated carbocycles. The molecule has 1 aliphatic heterocycles. The molecular weight excluding hydrogens is 404 g/mol. The van der Waals surface area contributed by atoms with Gasteiger partial charge in [-0.3, -0.25) is 4.90 Å². The van der Waals surface area contributed by atoms with Gasteiger partial charge in [-0.15, -0.1) is 24.8 Å². The molecule has 0 aromatic heterocycles. The average molecular weight is 424 g/mol. The van der Waals surface area contributed by atoms with Crippen LogP contribution in [-0.2, 0) is 0 Å². The Balaban J connectivity index is 0.00000220. The number of nitrogens with one attached hydrogen (secondary N) is 1. The van der Waals surface area contributed by atoms with Crippen molar-refractivity contribution in [1.29, 1.82) is 0 Å². The van der Waals surface area contributed by atoms with Crippen molar-refractivity contribution in [2.24, 2.45) is 0 Å². The molecule has 0 bridgehead atoms. The lowest BCUT2D eigenvalue weighted by atomic mass is 9.99. The summed E-state index contributed by atoms with van der Waals surface area (Å²) < 4.78 is 38.6. The summed E-state index contributed by atoms with van der Waals surface area (Å²) in [5.74, 6) is 0. The molecule has 22 heavy (non-hydrogen) atoms. The highest BCUT2D eigenvalue weighted by molar-refractivity contribution is 9.10. The van der Waals surface area contributed by atoms with Gasteiger partial charge < -0.3 is 5.32 Å². The van der Waals surface area contributed by atoms with Gasteiger partial charge in [-0.25, -0.2) is 0 Å². The maximum Gasteiger partial charge on any atom is 0.389 e. The summed E-state index contributed by atoms with van der Waals surface area (Å²) in [6.07, 6.45) is -4.75. The van der Waals surface area contributed by atoms with E-state index in [0.29, 0.717) is 0 Å². The Morgan fingerprint density at radius 1 is 1.14 bits per heavy atom.